The number of aromatic nitrogens is 1. The van der Waals surface area contributed by atoms with E-state index >= 15 is 0 Å². The summed E-state index contributed by atoms with van der Waals surface area (Å²) in [6.45, 7) is 0.293. The number of methoxy groups -OCH3 is 1. The molecule has 136 valence electrons. The number of aliphatic hydroxyl groups excluding tert-OH is 1. The zero-order chi connectivity index (χ0) is 19.2. The Hall–Kier alpha value is -3.67. The molecule has 6 heteroatoms. The van der Waals surface area contributed by atoms with Crippen LogP contribution in [0.3, 0.4) is 0 Å². The number of para-hydroxylation sites is 1. The summed E-state index contributed by atoms with van der Waals surface area (Å²) < 4.78 is 10.0. The molecular formula is C21H17NO5. The first-order valence-electron chi connectivity index (χ1n) is 8.17. The van der Waals surface area contributed by atoms with E-state index in [1.54, 1.807) is 24.3 Å². The average Bonchev–Trinajstić information content (AvgIpc) is 2.71. The van der Waals surface area contributed by atoms with E-state index in [-0.39, 0.29) is 0 Å². The van der Waals surface area contributed by atoms with Crippen molar-refractivity contribution in [2.45, 2.75) is 6.61 Å². The predicted octanol–water partition coefficient (Wildman–Crippen LogP) is 3.61. The number of hydrogen-bond acceptors (Lipinski definition) is 6. The molecule has 0 bridgehead atoms. The zero-order valence-corrected chi connectivity index (χ0v) is 14.6. The van der Waals surface area contributed by atoms with Crippen LogP contribution in [-0.2, 0) is 16.1 Å². The third kappa shape index (κ3) is 4.49. The van der Waals surface area contributed by atoms with Crippen molar-refractivity contribution in [3.8, 4) is 5.75 Å². The second-order valence-electron chi connectivity index (χ2n) is 5.69. The van der Waals surface area contributed by atoms with Crippen LogP contribution < -0.4 is 4.74 Å². The summed E-state index contributed by atoms with van der Waals surface area (Å²) in [5.74, 6) is -1.65. The summed E-state index contributed by atoms with van der Waals surface area (Å²) >= 11 is 0. The van der Waals surface area contributed by atoms with Gasteiger partial charge in [0.15, 0.2) is 5.78 Å². The second kappa shape index (κ2) is 8.14. The van der Waals surface area contributed by atoms with Crippen molar-refractivity contribution in [1.82, 2.24) is 4.98 Å². The third-order valence-electron chi connectivity index (χ3n) is 3.84. The molecule has 0 radical (unpaired) electrons. The highest BCUT2D eigenvalue weighted by Gasteiger charge is 2.11. The molecule has 1 aromatic heterocycles. The van der Waals surface area contributed by atoms with Gasteiger partial charge in [-0.1, -0.05) is 24.3 Å². The first-order valence-corrected chi connectivity index (χ1v) is 8.17. The predicted molar refractivity (Wildman–Crippen MR) is 99.6 cm³/mol. The van der Waals surface area contributed by atoms with E-state index in [0.717, 1.165) is 29.8 Å². The van der Waals surface area contributed by atoms with Gasteiger partial charge >= 0.3 is 5.97 Å². The highest BCUT2D eigenvalue weighted by atomic mass is 16.5. The average molecular weight is 363 g/mol. The zero-order valence-electron chi connectivity index (χ0n) is 14.6. The quantitative estimate of drug-likeness (QED) is 0.312. The summed E-state index contributed by atoms with van der Waals surface area (Å²) in [5, 5.41) is 10.5. The number of esters is 1. The molecule has 0 saturated heterocycles. The van der Waals surface area contributed by atoms with E-state index in [4.69, 9.17) is 4.74 Å². The number of ether oxygens (including phenoxy) is 2. The molecule has 0 aliphatic carbocycles. The normalized spacial score (nSPS) is 11.2. The van der Waals surface area contributed by atoms with Gasteiger partial charge in [0.25, 0.3) is 0 Å². The Morgan fingerprint density at radius 1 is 1.04 bits per heavy atom. The lowest BCUT2D eigenvalue weighted by Gasteiger charge is -2.07. The van der Waals surface area contributed by atoms with Crippen molar-refractivity contribution in [2.75, 3.05) is 7.11 Å². The minimum Gasteiger partial charge on any atom is -0.502 e. The Balaban J connectivity index is 1.65. The van der Waals surface area contributed by atoms with E-state index in [2.05, 4.69) is 9.72 Å². The number of pyridine rings is 1. The summed E-state index contributed by atoms with van der Waals surface area (Å²) in [5.41, 5.74) is 2.00. The maximum absolute atomic E-state index is 12.0. The number of aliphatic hydroxyl groups is 1. The minimum absolute atomic E-state index is 0.293. The molecule has 0 saturated carbocycles. The number of fused-ring (bicyclic) bond motifs is 1. The monoisotopic (exact) mass is 363 g/mol. The van der Waals surface area contributed by atoms with Crippen molar-refractivity contribution in [3.63, 3.8) is 0 Å². The molecule has 0 aliphatic heterocycles. The molecule has 27 heavy (non-hydrogen) atoms. The fourth-order valence-corrected chi connectivity index (χ4v) is 2.43. The Kier molecular flexibility index (Phi) is 5.47. The van der Waals surface area contributed by atoms with Crippen molar-refractivity contribution in [3.05, 3.63) is 83.8 Å². The number of ketones is 1. The molecule has 1 heterocycles. The number of benzene rings is 2. The lowest BCUT2D eigenvalue weighted by molar-refractivity contribution is -0.139. The van der Waals surface area contributed by atoms with Gasteiger partial charge in [-0.3, -0.25) is 4.79 Å². The van der Waals surface area contributed by atoms with E-state index < -0.39 is 17.5 Å². The van der Waals surface area contributed by atoms with Crippen LogP contribution in [0.5, 0.6) is 5.75 Å². The van der Waals surface area contributed by atoms with Gasteiger partial charge in [-0.05, 0) is 36.4 Å². The van der Waals surface area contributed by atoms with Crippen molar-refractivity contribution < 1.29 is 24.2 Å². The van der Waals surface area contributed by atoms with E-state index in [9.17, 15) is 14.7 Å². The molecule has 0 aliphatic rings. The molecule has 3 aromatic rings. The number of allylic oxidation sites excluding steroid dienone is 1. The third-order valence-corrected chi connectivity index (χ3v) is 3.84. The Morgan fingerprint density at radius 2 is 1.78 bits per heavy atom. The Labute approximate surface area is 155 Å². The number of nitrogens with zero attached hydrogens (tertiary/aromatic N) is 1. The van der Waals surface area contributed by atoms with Gasteiger partial charge in [0.1, 0.15) is 12.4 Å². The van der Waals surface area contributed by atoms with Crippen LogP contribution in [0.4, 0.5) is 0 Å². The van der Waals surface area contributed by atoms with Gasteiger partial charge in [-0.25, -0.2) is 9.78 Å². The number of carbonyl (C=O) groups excluding carboxylic acids is 2. The molecule has 0 unspecified atom stereocenters. The smallest absolute Gasteiger partial charge is 0.373 e. The SMILES string of the molecule is COC(=O)/C(O)=C/C(=O)c1ccc(OCc2ccc3ccccc3n2)cc1. The van der Waals surface area contributed by atoms with Crippen molar-refractivity contribution in [2.24, 2.45) is 0 Å². The Morgan fingerprint density at radius 3 is 2.52 bits per heavy atom. The van der Waals surface area contributed by atoms with Crippen LogP contribution in [0.25, 0.3) is 10.9 Å². The molecule has 6 nitrogen and oxygen atoms in total. The topological polar surface area (TPSA) is 85.7 Å². The lowest BCUT2D eigenvalue weighted by atomic mass is 10.1. The number of carbonyl (C=O) groups is 2. The van der Waals surface area contributed by atoms with E-state index in [1.807, 2.05) is 36.4 Å². The number of hydrogen-bond donors (Lipinski definition) is 1. The van der Waals surface area contributed by atoms with Gasteiger partial charge in [-0.15, -0.1) is 0 Å². The van der Waals surface area contributed by atoms with Gasteiger partial charge < -0.3 is 14.6 Å². The van der Waals surface area contributed by atoms with Crippen LogP contribution in [0, 0.1) is 0 Å². The van der Waals surface area contributed by atoms with E-state index in [1.165, 1.54) is 0 Å². The maximum Gasteiger partial charge on any atom is 0.373 e. The molecular weight excluding hydrogens is 346 g/mol. The summed E-state index contributed by atoms with van der Waals surface area (Å²) in [6, 6.07) is 18.1. The lowest BCUT2D eigenvalue weighted by Crippen LogP contribution is -2.07. The minimum atomic E-state index is -0.966. The maximum atomic E-state index is 12.0. The largest absolute Gasteiger partial charge is 0.502 e. The van der Waals surface area contributed by atoms with Crippen molar-refractivity contribution in [1.29, 1.82) is 0 Å². The van der Waals surface area contributed by atoms with Crippen LogP contribution >= 0.6 is 0 Å². The van der Waals surface area contributed by atoms with Gasteiger partial charge in [-0.2, -0.15) is 0 Å². The summed E-state index contributed by atoms with van der Waals surface area (Å²) in [6.07, 6.45) is 0.820. The first kappa shape index (κ1) is 18.1. The van der Waals surface area contributed by atoms with Crippen LogP contribution in [0.2, 0.25) is 0 Å². The summed E-state index contributed by atoms with van der Waals surface area (Å²) in [7, 11) is 1.12. The second-order valence-corrected chi connectivity index (χ2v) is 5.69. The Bertz CT molecular complexity index is 1010. The highest BCUT2D eigenvalue weighted by molar-refractivity contribution is 6.07. The molecule has 0 atom stereocenters. The number of rotatable bonds is 6. The van der Waals surface area contributed by atoms with Crippen LogP contribution in [0.15, 0.2) is 72.5 Å². The fourth-order valence-electron chi connectivity index (χ4n) is 2.43. The molecule has 0 spiro atoms. The molecule has 2 aromatic carbocycles. The standard InChI is InChI=1S/C21H17NO5/c1-26-21(25)20(24)12-19(23)15-7-10-17(11-8-15)27-13-16-9-6-14-4-2-3-5-18(14)22-16/h2-12,24H,13H2,1H3/b20-12-. The van der Waals surface area contributed by atoms with Gasteiger partial charge in [0.05, 0.1) is 18.3 Å². The van der Waals surface area contributed by atoms with Gasteiger partial charge in [0, 0.05) is 17.0 Å². The first-order chi connectivity index (χ1) is 13.1. The molecule has 0 fully saturated rings. The highest BCUT2D eigenvalue weighted by Crippen LogP contribution is 2.16. The van der Waals surface area contributed by atoms with Crippen LogP contribution in [-0.4, -0.2) is 29.0 Å². The summed E-state index contributed by atoms with van der Waals surface area (Å²) in [4.78, 5) is 27.6. The van der Waals surface area contributed by atoms with Crippen LogP contribution in [0.1, 0.15) is 16.1 Å². The molecule has 0 amide bonds. The molecule has 3 rings (SSSR count). The fraction of sp³-hybridized carbons (Fsp3) is 0.0952. The van der Waals surface area contributed by atoms with Gasteiger partial charge in [0.2, 0.25) is 5.76 Å². The molecule has 1 N–H and O–H groups in total. The van der Waals surface area contributed by atoms with E-state index in [0.29, 0.717) is 17.9 Å². The van der Waals surface area contributed by atoms with Crippen molar-refractivity contribution >= 4 is 22.7 Å².